The third-order valence-corrected chi connectivity index (χ3v) is 5.03. The van der Waals surface area contributed by atoms with E-state index in [9.17, 15) is 0 Å². The molecular weight excluding hydrogens is 376 g/mol. The molecule has 1 heterocycles. The van der Waals surface area contributed by atoms with Gasteiger partial charge in [-0.05, 0) is 64.8 Å². The molecule has 1 aromatic carbocycles. The lowest BCUT2D eigenvalue weighted by molar-refractivity contribution is 0.412. The first-order chi connectivity index (χ1) is 11.2. The highest BCUT2D eigenvalue weighted by Crippen LogP contribution is 2.31. The number of aromatic amines is 1. The van der Waals surface area contributed by atoms with Gasteiger partial charge in [-0.1, -0.05) is 19.3 Å². The summed E-state index contributed by atoms with van der Waals surface area (Å²) in [6.07, 6.45) is 7.91. The van der Waals surface area contributed by atoms with Crippen LogP contribution in [0.15, 0.2) is 27.8 Å². The Hall–Kier alpha value is -1.47. The molecule has 0 unspecified atom stereocenters. The summed E-state index contributed by atoms with van der Waals surface area (Å²) in [5.41, 5.74) is 0.968. The van der Waals surface area contributed by atoms with Crippen LogP contribution in [0.25, 0.3) is 0 Å². The van der Waals surface area contributed by atoms with E-state index in [2.05, 4.69) is 31.2 Å². The topological polar surface area (TPSA) is 55.2 Å². The third kappa shape index (κ3) is 3.72. The number of hydrogen-bond acceptors (Lipinski definition) is 4. The maximum absolute atomic E-state index is 5.32. The maximum Gasteiger partial charge on any atom is 0.216 e. The number of aromatic nitrogens is 3. The molecule has 1 aromatic heterocycles. The van der Waals surface area contributed by atoms with Gasteiger partial charge in [-0.3, -0.25) is 5.10 Å². The average molecular weight is 395 g/mol. The van der Waals surface area contributed by atoms with E-state index in [1.54, 1.807) is 18.0 Å². The molecule has 0 amide bonds. The van der Waals surface area contributed by atoms with Crippen molar-refractivity contribution >= 4 is 34.4 Å². The van der Waals surface area contributed by atoms with E-state index in [4.69, 9.17) is 17.0 Å². The molecule has 0 saturated heterocycles. The van der Waals surface area contributed by atoms with Gasteiger partial charge in [-0.25, -0.2) is 0 Å². The molecule has 2 aromatic rings. The molecule has 0 atom stereocenters. The Labute approximate surface area is 148 Å². The minimum absolute atomic E-state index is 0.441. The summed E-state index contributed by atoms with van der Waals surface area (Å²) in [7, 11) is 1.65. The van der Waals surface area contributed by atoms with Crippen molar-refractivity contribution in [1.29, 1.82) is 0 Å². The van der Waals surface area contributed by atoms with Crippen LogP contribution < -0.4 is 4.74 Å². The molecule has 23 heavy (non-hydrogen) atoms. The molecule has 0 spiro atoms. The normalized spacial score (nSPS) is 16.1. The summed E-state index contributed by atoms with van der Waals surface area (Å²) < 4.78 is 8.43. The summed E-state index contributed by atoms with van der Waals surface area (Å²) in [5.74, 6) is 2.18. The highest BCUT2D eigenvalue weighted by molar-refractivity contribution is 9.10. The standard InChI is InChI=1S/C16H19BrN4OS/c1-22-14-8-7-11(9-13(14)17)10-18-21-15(19-20-16(21)23)12-5-3-2-4-6-12/h7-10,12H,2-6H2,1H3,(H,20,23)/b18-10+. The Morgan fingerprint density at radius 1 is 1.39 bits per heavy atom. The van der Waals surface area contributed by atoms with Gasteiger partial charge in [0, 0.05) is 5.92 Å². The van der Waals surface area contributed by atoms with Crippen molar-refractivity contribution < 1.29 is 4.74 Å². The van der Waals surface area contributed by atoms with Crippen LogP contribution in [0.4, 0.5) is 0 Å². The number of ether oxygens (including phenoxy) is 1. The second kappa shape index (κ2) is 7.40. The summed E-state index contributed by atoms with van der Waals surface area (Å²) in [6, 6.07) is 5.82. The van der Waals surface area contributed by atoms with Gasteiger partial charge in [0.2, 0.25) is 4.77 Å². The lowest BCUT2D eigenvalue weighted by Gasteiger charge is -2.19. The lowest BCUT2D eigenvalue weighted by atomic mass is 9.89. The molecule has 1 aliphatic carbocycles. The van der Waals surface area contributed by atoms with Crippen molar-refractivity contribution in [3.8, 4) is 5.75 Å². The van der Waals surface area contributed by atoms with E-state index in [0.717, 1.165) is 34.5 Å². The first-order valence-electron chi connectivity index (χ1n) is 7.74. The number of nitrogens with one attached hydrogen (secondary N) is 1. The average Bonchev–Trinajstić information content (AvgIpc) is 2.94. The number of hydrogen-bond donors (Lipinski definition) is 1. The zero-order valence-electron chi connectivity index (χ0n) is 13.0. The second-order valence-electron chi connectivity index (χ2n) is 5.67. The Kier molecular flexibility index (Phi) is 5.27. The van der Waals surface area contributed by atoms with Crippen molar-refractivity contribution in [3.05, 3.63) is 38.8 Å². The predicted molar refractivity (Wildman–Crippen MR) is 96.9 cm³/mol. The van der Waals surface area contributed by atoms with Crippen LogP contribution in [0.1, 0.15) is 49.4 Å². The first kappa shape index (κ1) is 16.4. The van der Waals surface area contributed by atoms with Crippen LogP contribution in [0.2, 0.25) is 0 Å². The molecule has 0 radical (unpaired) electrons. The summed E-state index contributed by atoms with van der Waals surface area (Å²) >= 11 is 8.81. The monoisotopic (exact) mass is 394 g/mol. The van der Waals surface area contributed by atoms with Gasteiger partial charge in [-0.2, -0.15) is 14.9 Å². The predicted octanol–water partition coefficient (Wildman–Crippen LogP) is 4.64. The molecular formula is C16H19BrN4OS. The van der Waals surface area contributed by atoms with Gasteiger partial charge in [0.05, 0.1) is 17.8 Å². The number of halogens is 1. The van der Waals surface area contributed by atoms with Crippen molar-refractivity contribution in [3.63, 3.8) is 0 Å². The van der Waals surface area contributed by atoms with Crippen LogP contribution >= 0.6 is 28.1 Å². The molecule has 1 aliphatic rings. The Morgan fingerprint density at radius 3 is 2.87 bits per heavy atom. The number of rotatable bonds is 4. The Morgan fingerprint density at radius 2 is 2.17 bits per heavy atom. The van der Waals surface area contributed by atoms with Crippen LogP contribution in [-0.4, -0.2) is 28.2 Å². The molecule has 0 bridgehead atoms. The van der Waals surface area contributed by atoms with Crippen molar-refractivity contribution in [2.24, 2.45) is 5.10 Å². The van der Waals surface area contributed by atoms with Gasteiger partial charge < -0.3 is 4.74 Å². The number of benzene rings is 1. The number of H-pyrrole nitrogens is 1. The number of methoxy groups -OCH3 is 1. The van der Waals surface area contributed by atoms with E-state index in [1.165, 1.54) is 19.3 Å². The van der Waals surface area contributed by atoms with Gasteiger partial charge in [-0.15, -0.1) is 0 Å². The SMILES string of the molecule is COc1ccc(/C=N/n2c(C3CCCCC3)n[nH]c2=S)cc1Br. The van der Waals surface area contributed by atoms with Crippen molar-refractivity contribution in [1.82, 2.24) is 14.9 Å². The summed E-state index contributed by atoms with van der Waals surface area (Å²) in [5, 5.41) is 11.8. The quantitative estimate of drug-likeness (QED) is 0.606. The summed E-state index contributed by atoms with van der Waals surface area (Å²) in [4.78, 5) is 0. The number of nitrogens with zero attached hydrogens (tertiary/aromatic N) is 3. The fourth-order valence-corrected chi connectivity index (χ4v) is 3.67. The van der Waals surface area contributed by atoms with E-state index in [0.29, 0.717) is 10.7 Å². The van der Waals surface area contributed by atoms with Gasteiger partial charge in [0.15, 0.2) is 5.82 Å². The van der Waals surface area contributed by atoms with Crippen LogP contribution in [0, 0.1) is 4.77 Å². The molecule has 0 aliphatic heterocycles. The van der Waals surface area contributed by atoms with E-state index in [-0.39, 0.29) is 0 Å². The largest absolute Gasteiger partial charge is 0.496 e. The maximum atomic E-state index is 5.32. The molecule has 1 fully saturated rings. The van der Waals surface area contributed by atoms with Gasteiger partial charge in [0.1, 0.15) is 5.75 Å². The minimum atomic E-state index is 0.441. The highest BCUT2D eigenvalue weighted by atomic mass is 79.9. The second-order valence-corrected chi connectivity index (χ2v) is 6.91. The van der Waals surface area contributed by atoms with Gasteiger partial charge in [0.25, 0.3) is 0 Å². The molecule has 7 heteroatoms. The van der Waals surface area contributed by atoms with Crippen molar-refractivity contribution in [2.75, 3.05) is 7.11 Å². The fraction of sp³-hybridized carbons (Fsp3) is 0.438. The molecule has 3 rings (SSSR count). The van der Waals surface area contributed by atoms with Gasteiger partial charge >= 0.3 is 0 Å². The first-order valence-corrected chi connectivity index (χ1v) is 8.94. The van der Waals surface area contributed by atoms with Crippen LogP contribution in [-0.2, 0) is 0 Å². The van der Waals surface area contributed by atoms with Crippen LogP contribution in [0.5, 0.6) is 5.75 Å². The zero-order valence-corrected chi connectivity index (χ0v) is 15.4. The van der Waals surface area contributed by atoms with E-state index >= 15 is 0 Å². The Bertz CT molecular complexity index is 762. The summed E-state index contributed by atoms with van der Waals surface area (Å²) in [6.45, 7) is 0. The minimum Gasteiger partial charge on any atom is -0.496 e. The highest BCUT2D eigenvalue weighted by Gasteiger charge is 2.21. The fourth-order valence-electron chi connectivity index (χ4n) is 2.93. The smallest absolute Gasteiger partial charge is 0.216 e. The lowest BCUT2D eigenvalue weighted by Crippen LogP contribution is -2.10. The molecule has 1 saturated carbocycles. The Balaban J connectivity index is 1.86. The van der Waals surface area contributed by atoms with E-state index in [1.807, 2.05) is 18.2 Å². The van der Waals surface area contributed by atoms with Crippen molar-refractivity contribution in [2.45, 2.75) is 38.0 Å². The zero-order chi connectivity index (χ0) is 16.2. The molecule has 122 valence electrons. The van der Waals surface area contributed by atoms with Crippen LogP contribution in [0.3, 0.4) is 0 Å². The molecule has 5 nitrogen and oxygen atoms in total. The third-order valence-electron chi connectivity index (χ3n) is 4.14. The van der Waals surface area contributed by atoms with E-state index < -0.39 is 0 Å². The molecule has 1 N–H and O–H groups in total.